The molecule has 3 heteroatoms. The highest BCUT2D eigenvalue weighted by atomic mass is 35.5. The molecule has 0 saturated carbocycles. The van der Waals surface area contributed by atoms with Gasteiger partial charge in [0, 0.05) is 5.54 Å². The zero-order valence-electron chi connectivity index (χ0n) is 5.82. The van der Waals surface area contributed by atoms with Gasteiger partial charge in [-0.15, -0.1) is 12.4 Å². The molecule has 0 aromatic rings. The lowest BCUT2D eigenvalue weighted by molar-refractivity contribution is 0.0348. The normalized spacial score (nSPS) is 10.5. The predicted molar refractivity (Wildman–Crippen MR) is 37.1 cm³/mol. The summed E-state index contributed by atoms with van der Waals surface area (Å²) in [5, 5.41) is 0. The summed E-state index contributed by atoms with van der Waals surface area (Å²) in [5.41, 5.74) is 2.86. The molecule has 0 bridgehead atoms. The van der Waals surface area contributed by atoms with Crippen molar-refractivity contribution in [3.8, 4) is 0 Å². The van der Waals surface area contributed by atoms with Crippen LogP contribution in [-0.2, 0) is 4.84 Å². The third kappa shape index (κ3) is 9.51. The van der Waals surface area contributed by atoms with Gasteiger partial charge in [-0.25, -0.2) is 0 Å². The largest absolute Gasteiger partial charge is 0.305 e. The summed E-state index contributed by atoms with van der Waals surface area (Å²) in [6.45, 7) is 6.11. The summed E-state index contributed by atoms with van der Waals surface area (Å²) >= 11 is 0. The molecule has 0 rings (SSSR count). The first-order valence-corrected chi connectivity index (χ1v) is 2.36. The van der Waals surface area contributed by atoms with Crippen LogP contribution in [0.2, 0.25) is 0 Å². The zero-order valence-corrected chi connectivity index (χ0v) is 6.63. The molecule has 0 aliphatic rings. The monoisotopic (exact) mass is 139 g/mol. The lowest BCUT2D eigenvalue weighted by Gasteiger charge is -2.17. The number of hydroxylamine groups is 1. The standard InChI is InChI=1S/C5H13NO.ClH/c1-5(2,3)6-7-4;/h6H,1-4H3;1H. The highest BCUT2D eigenvalue weighted by Gasteiger charge is 2.05. The molecule has 2 nitrogen and oxygen atoms in total. The second kappa shape index (κ2) is 4.13. The molecule has 0 fully saturated rings. The van der Waals surface area contributed by atoms with Crippen molar-refractivity contribution >= 4 is 12.4 Å². The molecule has 8 heavy (non-hydrogen) atoms. The SMILES string of the molecule is CONC(C)(C)C.Cl. The Kier molecular flexibility index (Phi) is 5.71. The Morgan fingerprint density at radius 2 is 1.62 bits per heavy atom. The lowest BCUT2D eigenvalue weighted by atomic mass is 10.1. The molecule has 0 aliphatic heterocycles. The minimum atomic E-state index is 0. The van der Waals surface area contributed by atoms with E-state index in [1.165, 1.54) is 0 Å². The molecule has 0 unspecified atom stereocenters. The van der Waals surface area contributed by atoms with Gasteiger partial charge in [-0.2, -0.15) is 5.48 Å². The Balaban J connectivity index is 0. The molecule has 0 aromatic carbocycles. The first kappa shape index (κ1) is 11.1. The van der Waals surface area contributed by atoms with E-state index in [0.717, 1.165) is 0 Å². The molecule has 0 heterocycles. The van der Waals surface area contributed by atoms with Gasteiger partial charge >= 0.3 is 0 Å². The van der Waals surface area contributed by atoms with Gasteiger partial charge in [0.15, 0.2) is 0 Å². The topological polar surface area (TPSA) is 21.3 Å². The highest BCUT2D eigenvalue weighted by Crippen LogP contribution is 1.95. The number of hydrogen-bond donors (Lipinski definition) is 1. The van der Waals surface area contributed by atoms with E-state index in [0.29, 0.717) is 0 Å². The van der Waals surface area contributed by atoms with Crippen molar-refractivity contribution in [1.82, 2.24) is 5.48 Å². The van der Waals surface area contributed by atoms with E-state index in [-0.39, 0.29) is 17.9 Å². The molecule has 0 aromatic heterocycles. The van der Waals surface area contributed by atoms with E-state index < -0.39 is 0 Å². The maximum absolute atomic E-state index is 4.66. The fourth-order valence-corrected chi connectivity index (χ4v) is 0.306. The van der Waals surface area contributed by atoms with Crippen molar-refractivity contribution < 1.29 is 4.84 Å². The second-order valence-corrected chi connectivity index (χ2v) is 2.56. The van der Waals surface area contributed by atoms with E-state index in [4.69, 9.17) is 0 Å². The molecule has 0 aliphatic carbocycles. The second-order valence-electron chi connectivity index (χ2n) is 2.56. The molecule has 0 spiro atoms. The Labute approximate surface area is 57.0 Å². The Morgan fingerprint density at radius 1 is 1.25 bits per heavy atom. The molecule has 0 saturated heterocycles. The average molecular weight is 140 g/mol. The minimum Gasteiger partial charge on any atom is -0.305 e. The van der Waals surface area contributed by atoms with E-state index >= 15 is 0 Å². The van der Waals surface area contributed by atoms with Gasteiger partial charge in [-0.05, 0) is 20.8 Å². The van der Waals surface area contributed by atoms with Crippen LogP contribution in [0.25, 0.3) is 0 Å². The van der Waals surface area contributed by atoms with Crippen molar-refractivity contribution in [2.75, 3.05) is 7.11 Å². The van der Waals surface area contributed by atoms with Crippen molar-refractivity contribution in [3.63, 3.8) is 0 Å². The van der Waals surface area contributed by atoms with Gasteiger partial charge in [-0.3, -0.25) is 0 Å². The van der Waals surface area contributed by atoms with Gasteiger partial charge in [0.1, 0.15) is 0 Å². The van der Waals surface area contributed by atoms with Gasteiger partial charge in [0.2, 0.25) is 0 Å². The Morgan fingerprint density at radius 3 is 1.62 bits per heavy atom. The van der Waals surface area contributed by atoms with Crippen molar-refractivity contribution in [2.45, 2.75) is 26.3 Å². The Hall–Kier alpha value is 0.210. The van der Waals surface area contributed by atoms with Crippen LogP contribution in [0.5, 0.6) is 0 Å². The van der Waals surface area contributed by atoms with Crippen LogP contribution in [0, 0.1) is 0 Å². The number of hydrogen-bond acceptors (Lipinski definition) is 2. The van der Waals surface area contributed by atoms with Gasteiger partial charge in [0.25, 0.3) is 0 Å². The lowest BCUT2D eigenvalue weighted by Crippen LogP contribution is -2.34. The van der Waals surface area contributed by atoms with Crippen LogP contribution < -0.4 is 5.48 Å². The first-order chi connectivity index (χ1) is 3.06. The van der Waals surface area contributed by atoms with Gasteiger partial charge < -0.3 is 4.84 Å². The van der Waals surface area contributed by atoms with Crippen molar-refractivity contribution in [3.05, 3.63) is 0 Å². The molecule has 1 N–H and O–H groups in total. The molecule has 0 amide bonds. The molecule has 0 radical (unpaired) electrons. The summed E-state index contributed by atoms with van der Waals surface area (Å²) in [4.78, 5) is 4.66. The first-order valence-electron chi connectivity index (χ1n) is 2.36. The molecule has 52 valence electrons. The van der Waals surface area contributed by atoms with E-state index in [2.05, 4.69) is 10.3 Å². The summed E-state index contributed by atoms with van der Waals surface area (Å²) in [6, 6.07) is 0. The Bertz CT molecular complexity index is 50.9. The van der Waals surface area contributed by atoms with Gasteiger partial charge in [0.05, 0.1) is 7.11 Å². The van der Waals surface area contributed by atoms with Crippen LogP contribution in [0.3, 0.4) is 0 Å². The van der Waals surface area contributed by atoms with Crippen LogP contribution in [-0.4, -0.2) is 12.6 Å². The highest BCUT2D eigenvalue weighted by molar-refractivity contribution is 5.85. The number of nitrogens with one attached hydrogen (secondary N) is 1. The summed E-state index contributed by atoms with van der Waals surface area (Å²) in [5.74, 6) is 0. The maximum Gasteiger partial charge on any atom is 0.0572 e. The molecular formula is C5H14ClNO. The van der Waals surface area contributed by atoms with Crippen LogP contribution >= 0.6 is 12.4 Å². The van der Waals surface area contributed by atoms with E-state index in [1.807, 2.05) is 20.8 Å². The van der Waals surface area contributed by atoms with Crippen LogP contribution in [0.15, 0.2) is 0 Å². The van der Waals surface area contributed by atoms with Crippen LogP contribution in [0.4, 0.5) is 0 Å². The molecular weight excluding hydrogens is 126 g/mol. The van der Waals surface area contributed by atoms with Gasteiger partial charge in [-0.1, -0.05) is 0 Å². The van der Waals surface area contributed by atoms with Crippen LogP contribution in [0.1, 0.15) is 20.8 Å². The third-order valence-electron chi connectivity index (χ3n) is 0.408. The zero-order chi connectivity index (χ0) is 5.91. The summed E-state index contributed by atoms with van der Waals surface area (Å²) in [7, 11) is 1.62. The quantitative estimate of drug-likeness (QED) is 0.554. The summed E-state index contributed by atoms with van der Waals surface area (Å²) < 4.78 is 0. The smallest absolute Gasteiger partial charge is 0.0572 e. The molecule has 0 atom stereocenters. The third-order valence-corrected chi connectivity index (χ3v) is 0.408. The average Bonchev–Trinajstić information content (AvgIpc) is 1.30. The number of rotatable bonds is 1. The van der Waals surface area contributed by atoms with Crippen molar-refractivity contribution in [1.29, 1.82) is 0 Å². The minimum absolute atomic E-state index is 0. The van der Waals surface area contributed by atoms with E-state index in [9.17, 15) is 0 Å². The fraction of sp³-hybridized carbons (Fsp3) is 1.00. The van der Waals surface area contributed by atoms with Crippen molar-refractivity contribution in [2.24, 2.45) is 0 Å². The van der Waals surface area contributed by atoms with E-state index in [1.54, 1.807) is 7.11 Å². The summed E-state index contributed by atoms with van der Waals surface area (Å²) in [6.07, 6.45) is 0. The number of halogens is 1. The predicted octanol–water partition coefficient (Wildman–Crippen LogP) is 1.36. The fourth-order valence-electron chi connectivity index (χ4n) is 0.306. The maximum atomic E-state index is 4.66.